The lowest BCUT2D eigenvalue weighted by molar-refractivity contribution is -0.123. The first-order chi connectivity index (χ1) is 8.75. The summed E-state index contributed by atoms with van der Waals surface area (Å²) in [4.78, 5) is 25.1. The Labute approximate surface area is 103 Å². The van der Waals surface area contributed by atoms with Crippen LogP contribution in [0.3, 0.4) is 0 Å². The Kier molecular flexibility index (Phi) is 2.47. The van der Waals surface area contributed by atoms with Gasteiger partial charge in [-0.15, -0.1) is 0 Å². The predicted octanol–water partition coefficient (Wildman–Crippen LogP) is -0.0937. The Morgan fingerprint density at radius 1 is 1.39 bits per heavy atom. The van der Waals surface area contributed by atoms with Crippen molar-refractivity contribution < 1.29 is 9.59 Å². The number of nitrogens with zero attached hydrogens (tertiary/aromatic N) is 3. The topological polar surface area (TPSA) is 66.7 Å². The van der Waals surface area contributed by atoms with Crippen molar-refractivity contribution in [2.75, 3.05) is 19.6 Å². The van der Waals surface area contributed by atoms with Crippen LogP contribution in [0.15, 0.2) is 30.6 Å². The van der Waals surface area contributed by atoms with Gasteiger partial charge in [0.05, 0.1) is 23.8 Å². The lowest BCUT2D eigenvalue weighted by atomic mass is 10.2. The number of hydrogen-bond donors (Lipinski definition) is 1. The molecule has 0 atom stereocenters. The first kappa shape index (κ1) is 10.8. The monoisotopic (exact) mass is 244 g/mol. The summed E-state index contributed by atoms with van der Waals surface area (Å²) in [5, 5.41) is 6.82. The molecule has 2 aromatic rings. The van der Waals surface area contributed by atoms with Crippen LogP contribution in [0, 0.1) is 0 Å². The van der Waals surface area contributed by atoms with Crippen LogP contribution in [0.4, 0.5) is 0 Å². The van der Waals surface area contributed by atoms with Crippen molar-refractivity contribution in [3.63, 3.8) is 0 Å². The molecule has 3 heterocycles. The number of hydrogen-bond acceptors (Lipinski definition) is 3. The van der Waals surface area contributed by atoms with E-state index in [1.165, 1.54) is 0 Å². The van der Waals surface area contributed by atoms with Crippen LogP contribution in [-0.4, -0.2) is 46.0 Å². The molecule has 2 aromatic heterocycles. The third kappa shape index (κ3) is 1.71. The molecule has 0 aromatic carbocycles. The largest absolute Gasteiger partial charge is 0.353 e. The quantitative estimate of drug-likeness (QED) is 0.762. The molecule has 0 unspecified atom stereocenters. The van der Waals surface area contributed by atoms with Gasteiger partial charge in [0.1, 0.15) is 0 Å². The summed E-state index contributed by atoms with van der Waals surface area (Å²) in [6.45, 7) is 1.15. The number of pyridine rings is 1. The zero-order valence-electron chi connectivity index (χ0n) is 9.67. The highest BCUT2D eigenvalue weighted by Crippen LogP contribution is 2.13. The number of amides is 2. The molecule has 1 fully saturated rings. The van der Waals surface area contributed by atoms with Crippen LogP contribution >= 0.6 is 0 Å². The van der Waals surface area contributed by atoms with Gasteiger partial charge in [0.15, 0.2) is 0 Å². The van der Waals surface area contributed by atoms with Crippen LogP contribution in [-0.2, 0) is 4.79 Å². The third-order valence-electron chi connectivity index (χ3n) is 2.98. The Bertz CT molecular complexity index is 619. The van der Waals surface area contributed by atoms with Crippen LogP contribution in [0.25, 0.3) is 5.52 Å². The standard InChI is InChI=1S/C12H12N4O2/c17-11-8-15(6-4-13-11)12(18)9-7-14-16-5-2-1-3-10(9)16/h1-3,5,7H,4,6,8H2,(H,13,17). The highest BCUT2D eigenvalue weighted by molar-refractivity contribution is 6.02. The van der Waals surface area contributed by atoms with Gasteiger partial charge in [-0.3, -0.25) is 9.59 Å². The van der Waals surface area contributed by atoms with E-state index in [4.69, 9.17) is 0 Å². The maximum atomic E-state index is 12.3. The van der Waals surface area contributed by atoms with E-state index in [9.17, 15) is 9.59 Å². The number of carbonyl (C=O) groups excluding carboxylic acids is 2. The number of aromatic nitrogens is 2. The third-order valence-corrected chi connectivity index (χ3v) is 2.98. The summed E-state index contributed by atoms with van der Waals surface area (Å²) in [6, 6.07) is 5.55. The van der Waals surface area contributed by atoms with Crippen LogP contribution in [0.2, 0.25) is 0 Å². The smallest absolute Gasteiger partial charge is 0.258 e. The first-order valence-corrected chi connectivity index (χ1v) is 5.74. The molecule has 18 heavy (non-hydrogen) atoms. The number of rotatable bonds is 1. The fourth-order valence-corrected chi connectivity index (χ4v) is 2.08. The van der Waals surface area contributed by atoms with Crippen molar-refractivity contribution in [1.82, 2.24) is 19.8 Å². The van der Waals surface area contributed by atoms with Gasteiger partial charge < -0.3 is 10.2 Å². The Balaban J connectivity index is 1.94. The zero-order chi connectivity index (χ0) is 12.5. The zero-order valence-corrected chi connectivity index (χ0v) is 9.67. The molecule has 2 amide bonds. The lowest BCUT2D eigenvalue weighted by Gasteiger charge is -2.26. The van der Waals surface area contributed by atoms with Crippen molar-refractivity contribution in [3.05, 3.63) is 36.2 Å². The van der Waals surface area contributed by atoms with Crippen molar-refractivity contribution >= 4 is 17.3 Å². The van der Waals surface area contributed by atoms with Gasteiger partial charge in [0, 0.05) is 19.3 Å². The highest BCUT2D eigenvalue weighted by Gasteiger charge is 2.24. The molecule has 0 radical (unpaired) electrons. The molecule has 0 spiro atoms. The molecule has 6 nitrogen and oxygen atoms in total. The average molecular weight is 244 g/mol. The van der Waals surface area contributed by atoms with E-state index in [1.54, 1.807) is 21.8 Å². The second kappa shape index (κ2) is 4.14. The molecule has 92 valence electrons. The molecule has 0 aliphatic carbocycles. The molecular weight excluding hydrogens is 232 g/mol. The molecular formula is C12H12N4O2. The van der Waals surface area contributed by atoms with E-state index >= 15 is 0 Å². The summed E-state index contributed by atoms with van der Waals surface area (Å²) in [7, 11) is 0. The van der Waals surface area contributed by atoms with Crippen molar-refractivity contribution in [3.8, 4) is 0 Å². The second-order valence-corrected chi connectivity index (χ2v) is 4.17. The fourth-order valence-electron chi connectivity index (χ4n) is 2.08. The second-order valence-electron chi connectivity index (χ2n) is 4.17. The van der Waals surface area contributed by atoms with Crippen LogP contribution in [0.1, 0.15) is 10.4 Å². The van der Waals surface area contributed by atoms with Crippen LogP contribution < -0.4 is 5.32 Å². The maximum absolute atomic E-state index is 12.3. The summed E-state index contributed by atoms with van der Waals surface area (Å²) in [5.41, 5.74) is 1.29. The Morgan fingerprint density at radius 3 is 3.11 bits per heavy atom. The molecule has 1 aliphatic heterocycles. The summed E-state index contributed by atoms with van der Waals surface area (Å²) >= 11 is 0. The SMILES string of the molecule is O=C1CN(C(=O)c2cnn3ccccc23)CCN1. The van der Waals surface area contributed by atoms with Gasteiger partial charge >= 0.3 is 0 Å². The molecule has 6 heteroatoms. The van der Waals surface area contributed by atoms with Crippen molar-refractivity contribution in [2.45, 2.75) is 0 Å². The van der Waals surface area contributed by atoms with Gasteiger partial charge in [-0.1, -0.05) is 6.07 Å². The van der Waals surface area contributed by atoms with Gasteiger partial charge in [-0.05, 0) is 12.1 Å². The lowest BCUT2D eigenvalue weighted by Crippen LogP contribution is -2.49. The summed E-state index contributed by atoms with van der Waals surface area (Å²) in [5.74, 6) is -0.267. The Hall–Kier alpha value is -2.37. The van der Waals surface area contributed by atoms with Crippen molar-refractivity contribution in [2.24, 2.45) is 0 Å². The minimum atomic E-state index is -0.147. The van der Waals surface area contributed by atoms with E-state index in [0.29, 0.717) is 18.7 Å². The molecule has 1 N–H and O–H groups in total. The molecule has 1 saturated heterocycles. The van der Waals surface area contributed by atoms with E-state index in [0.717, 1.165) is 5.52 Å². The van der Waals surface area contributed by atoms with E-state index in [-0.39, 0.29) is 18.4 Å². The van der Waals surface area contributed by atoms with Gasteiger partial charge in [0.25, 0.3) is 5.91 Å². The normalized spacial score (nSPS) is 15.8. The minimum absolute atomic E-state index is 0.114. The van der Waals surface area contributed by atoms with Gasteiger partial charge in [0.2, 0.25) is 5.91 Å². The Morgan fingerprint density at radius 2 is 2.28 bits per heavy atom. The van der Waals surface area contributed by atoms with Crippen molar-refractivity contribution in [1.29, 1.82) is 0 Å². The maximum Gasteiger partial charge on any atom is 0.258 e. The average Bonchev–Trinajstić information content (AvgIpc) is 2.82. The number of carbonyl (C=O) groups is 2. The molecule has 0 bridgehead atoms. The van der Waals surface area contributed by atoms with E-state index in [1.807, 2.05) is 18.2 Å². The van der Waals surface area contributed by atoms with Crippen LogP contribution in [0.5, 0.6) is 0 Å². The number of fused-ring (bicyclic) bond motifs is 1. The summed E-state index contributed by atoms with van der Waals surface area (Å²) < 4.78 is 1.65. The van der Waals surface area contributed by atoms with E-state index in [2.05, 4.69) is 10.4 Å². The molecule has 3 rings (SSSR count). The van der Waals surface area contributed by atoms with Gasteiger partial charge in [-0.25, -0.2) is 4.52 Å². The van der Waals surface area contributed by atoms with E-state index < -0.39 is 0 Å². The highest BCUT2D eigenvalue weighted by atomic mass is 16.2. The number of piperazine rings is 1. The number of nitrogens with one attached hydrogen (secondary N) is 1. The first-order valence-electron chi connectivity index (χ1n) is 5.74. The minimum Gasteiger partial charge on any atom is -0.353 e. The molecule has 1 aliphatic rings. The summed E-state index contributed by atoms with van der Waals surface area (Å²) in [6.07, 6.45) is 3.33. The predicted molar refractivity (Wildman–Crippen MR) is 64.1 cm³/mol. The van der Waals surface area contributed by atoms with Gasteiger partial charge in [-0.2, -0.15) is 5.10 Å². The molecule has 0 saturated carbocycles. The fraction of sp³-hybridized carbons (Fsp3) is 0.250.